The van der Waals surface area contributed by atoms with E-state index in [1.165, 1.54) is 0 Å². The smallest absolute Gasteiger partial charge is 0.272 e. The standard InChI is InChI=1S/C15H25N3O/c1-5-9-16-13-7-8-14(17-11-13)15(19)18(10-6-2)12(3)4/h7-8,11-12,16H,5-6,9-10H2,1-4H3. The number of nitrogens with one attached hydrogen (secondary N) is 1. The molecular formula is C15H25N3O. The molecule has 0 radical (unpaired) electrons. The van der Waals surface area contributed by atoms with Gasteiger partial charge in [0.1, 0.15) is 5.69 Å². The van der Waals surface area contributed by atoms with E-state index >= 15 is 0 Å². The summed E-state index contributed by atoms with van der Waals surface area (Å²) in [4.78, 5) is 18.5. The van der Waals surface area contributed by atoms with Crippen molar-refractivity contribution in [2.75, 3.05) is 18.4 Å². The average Bonchev–Trinajstić information content (AvgIpc) is 2.42. The van der Waals surface area contributed by atoms with Gasteiger partial charge in [-0.25, -0.2) is 4.98 Å². The predicted molar refractivity (Wildman–Crippen MR) is 79.5 cm³/mol. The molecule has 4 heteroatoms. The normalized spacial score (nSPS) is 10.6. The van der Waals surface area contributed by atoms with Crippen LogP contribution in [-0.4, -0.2) is 34.9 Å². The maximum absolute atomic E-state index is 12.3. The minimum Gasteiger partial charge on any atom is -0.384 e. The lowest BCUT2D eigenvalue weighted by Gasteiger charge is -2.25. The van der Waals surface area contributed by atoms with Crippen molar-refractivity contribution in [1.29, 1.82) is 0 Å². The summed E-state index contributed by atoms with van der Waals surface area (Å²) in [6.07, 6.45) is 3.76. The Labute approximate surface area is 116 Å². The average molecular weight is 263 g/mol. The molecule has 106 valence electrons. The zero-order valence-electron chi connectivity index (χ0n) is 12.4. The SMILES string of the molecule is CCCNc1ccc(C(=O)N(CCC)C(C)C)nc1. The van der Waals surface area contributed by atoms with Crippen LogP contribution in [0.15, 0.2) is 18.3 Å². The quantitative estimate of drug-likeness (QED) is 0.822. The van der Waals surface area contributed by atoms with Crippen LogP contribution in [-0.2, 0) is 0 Å². The third-order valence-electron chi connectivity index (χ3n) is 2.91. The number of carbonyl (C=O) groups excluding carboxylic acids is 1. The van der Waals surface area contributed by atoms with Gasteiger partial charge in [-0.3, -0.25) is 4.79 Å². The monoisotopic (exact) mass is 263 g/mol. The Kier molecular flexibility index (Phi) is 6.33. The molecular weight excluding hydrogens is 238 g/mol. The number of nitrogens with zero attached hydrogens (tertiary/aromatic N) is 2. The lowest BCUT2D eigenvalue weighted by atomic mass is 10.2. The van der Waals surface area contributed by atoms with Crippen molar-refractivity contribution in [3.05, 3.63) is 24.0 Å². The molecule has 1 N–H and O–H groups in total. The summed E-state index contributed by atoms with van der Waals surface area (Å²) < 4.78 is 0. The van der Waals surface area contributed by atoms with E-state index in [0.29, 0.717) is 5.69 Å². The number of rotatable bonds is 7. The first-order chi connectivity index (χ1) is 9.10. The molecule has 0 aliphatic carbocycles. The molecule has 0 atom stereocenters. The minimum atomic E-state index is 0.0129. The highest BCUT2D eigenvalue weighted by molar-refractivity contribution is 5.92. The van der Waals surface area contributed by atoms with Crippen LogP contribution in [0, 0.1) is 0 Å². The molecule has 19 heavy (non-hydrogen) atoms. The van der Waals surface area contributed by atoms with Crippen LogP contribution >= 0.6 is 0 Å². The summed E-state index contributed by atoms with van der Waals surface area (Å²) in [6.45, 7) is 9.95. The molecule has 0 unspecified atom stereocenters. The Hall–Kier alpha value is -1.58. The van der Waals surface area contributed by atoms with Crippen molar-refractivity contribution >= 4 is 11.6 Å². The zero-order valence-corrected chi connectivity index (χ0v) is 12.4. The van der Waals surface area contributed by atoms with E-state index in [-0.39, 0.29) is 11.9 Å². The first-order valence-electron chi connectivity index (χ1n) is 7.11. The van der Waals surface area contributed by atoms with Gasteiger partial charge >= 0.3 is 0 Å². The Morgan fingerprint density at radius 3 is 2.53 bits per heavy atom. The summed E-state index contributed by atoms with van der Waals surface area (Å²) in [5.41, 5.74) is 1.48. The number of hydrogen-bond donors (Lipinski definition) is 1. The third-order valence-corrected chi connectivity index (χ3v) is 2.91. The van der Waals surface area contributed by atoms with E-state index in [9.17, 15) is 4.79 Å². The number of pyridine rings is 1. The fourth-order valence-corrected chi connectivity index (χ4v) is 1.88. The van der Waals surface area contributed by atoms with Crippen LogP contribution in [0.3, 0.4) is 0 Å². The maximum Gasteiger partial charge on any atom is 0.272 e. The Morgan fingerprint density at radius 2 is 2.05 bits per heavy atom. The fourth-order valence-electron chi connectivity index (χ4n) is 1.88. The van der Waals surface area contributed by atoms with Crippen molar-refractivity contribution < 1.29 is 4.79 Å². The second-order valence-corrected chi connectivity index (χ2v) is 4.95. The van der Waals surface area contributed by atoms with Gasteiger partial charge in [0, 0.05) is 19.1 Å². The first kappa shape index (κ1) is 15.5. The van der Waals surface area contributed by atoms with Crippen LogP contribution in [0.25, 0.3) is 0 Å². The van der Waals surface area contributed by atoms with Gasteiger partial charge in [0.2, 0.25) is 0 Å². The molecule has 1 heterocycles. The van der Waals surface area contributed by atoms with E-state index < -0.39 is 0 Å². The molecule has 4 nitrogen and oxygen atoms in total. The van der Waals surface area contributed by atoms with Crippen molar-refractivity contribution in [2.45, 2.75) is 46.6 Å². The molecule has 1 aromatic heterocycles. The summed E-state index contributed by atoms with van der Waals surface area (Å²) in [5.74, 6) is 0.0129. The van der Waals surface area contributed by atoms with E-state index in [1.54, 1.807) is 12.3 Å². The van der Waals surface area contributed by atoms with E-state index in [0.717, 1.165) is 31.6 Å². The fraction of sp³-hybridized carbons (Fsp3) is 0.600. The number of amides is 1. The molecule has 0 aliphatic rings. The Morgan fingerprint density at radius 1 is 1.32 bits per heavy atom. The molecule has 0 bridgehead atoms. The molecule has 0 fully saturated rings. The van der Waals surface area contributed by atoms with Crippen LogP contribution < -0.4 is 5.32 Å². The van der Waals surface area contributed by atoms with Gasteiger partial charge in [0.15, 0.2) is 0 Å². The minimum absolute atomic E-state index is 0.0129. The van der Waals surface area contributed by atoms with Crippen LogP contribution in [0.1, 0.15) is 51.0 Å². The summed E-state index contributed by atoms with van der Waals surface area (Å²) in [5, 5.41) is 3.25. The van der Waals surface area contributed by atoms with Gasteiger partial charge in [0.25, 0.3) is 5.91 Å². The number of aromatic nitrogens is 1. The van der Waals surface area contributed by atoms with Gasteiger partial charge in [-0.2, -0.15) is 0 Å². The van der Waals surface area contributed by atoms with Gasteiger partial charge in [0.05, 0.1) is 11.9 Å². The number of carbonyl (C=O) groups is 1. The number of anilines is 1. The second kappa shape index (κ2) is 7.77. The molecule has 0 aromatic carbocycles. The van der Waals surface area contributed by atoms with Gasteiger partial charge in [-0.15, -0.1) is 0 Å². The first-order valence-corrected chi connectivity index (χ1v) is 7.11. The van der Waals surface area contributed by atoms with Crippen LogP contribution in [0.5, 0.6) is 0 Å². The lowest BCUT2D eigenvalue weighted by molar-refractivity contribution is 0.0700. The van der Waals surface area contributed by atoms with Gasteiger partial charge in [-0.05, 0) is 38.8 Å². The van der Waals surface area contributed by atoms with Crippen LogP contribution in [0.4, 0.5) is 5.69 Å². The van der Waals surface area contributed by atoms with Gasteiger partial charge < -0.3 is 10.2 Å². The van der Waals surface area contributed by atoms with Crippen LogP contribution in [0.2, 0.25) is 0 Å². The maximum atomic E-state index is 12.3. The summed E-state index contributed by atoms with van der Waals surface area (Å²) in [6, 6.07) is 3.92. The zero-order chi connectivity index (χ0) is 14.3. The highest BCUT2D eigenvalue weighted by Crippen LogP contribution is 2.10. The van der Waals surface area contributed by atoms with Crippen molar-refractivity contribution in [3.8, 4) is 0 Å². The predicted octanol–water partition coefficient (Wildman–Crippen LogP) is 3.16. The molecule has 1 amide bonds. The molecule has 0 saturated carbocycles. The molecule has 1 rings (SSSR count). The largest absolute Gasteiger partial charge is 0.384 e. The van der Waals surface area contributed by atoms with Crippen molar-refractivity contribution in [2.24, 2.45) is 0 Å². The van der Waals surface area contributed by atoms with Crippen molar-refractivity contribution in [3.63, 3.8) is 0 Å². The van der Waals surface area contributed by atoms with Gasteiger partial charge in [-0.1, -0.05) is 13.8 Å². The van der Waals surface area contributed by atoms with E-state index in [4.69, 9.17) is 0 Å². The van der Waals surface area contributed by atoms with Crippen molar-refractivity contribution in [1.82, 2.24) is 9.88 Å². The molecule has 0 spiro atoms. The highest BCUT2D eigenvalue weighted by Gasteiger charge is 2.18. The molecule has 0 saturated heterocycles. The lowest BCUT2D eigenvalue weighted by Crippen LogP contribution is -2.37. The Balaban J connectivity index is 2.75. The highest BCUT2D eigenvalue weighted by atomic mass is 16.2. The second-order valence-electron chi connectivity index (χ2n) is 4.95. The molecule has 1 aromatic rings. The molecule has 0 aliphatic heterocycles. The third kappa shape index (κ3) is 4.54. The summed E-state index contributed by atoms with van der Waals surface area (Å²) in [7, 11) is 0. The van der Waals surface area contributed by atoms with E-state index in [1.807, 2.05) is 24.8 Å². The number of hydrogen-bond acceptors (Lipinski definition) is 3. The topological polar surface area (TPSA) is 45.2 Å². The summed E-state index contributed by atoms with van der Waals surface area (Å²) >= 11 is 0. The Bertz CT molecular complexity index is 387. The van der Waals surface area contributed by atoms with E-state index in [2.05, 4.69) is 24.1 Å².